The molecule has 0 spiro atoms. The molecule has 2 atom stereocenters. The van der Waals surface area contributed by atoms with Crippen LogP contribution in [0, 0.1) is 11.6 Å². The van der Waals surface area contributed by atoms with E-state index in [1.165, 1.54) is 6.07 Å². The number of hydrogen-bond acceptors (Lipinski definition) is 7. The number of benzene rings is 3. The van der Waals surface area contributed by atoms with E-state index in [0.29, 0.717) is 0 Å². The van der Waals surface area contributed by atoms with Crippen LogP contribution in [0.1, 0.15) is 37.0 Å². The van der Waals surface area contributed by atoms with E-state index in [9.17, 15) is 28.6 Å². The van der Waals surface area contributed by atoms with Crippen LogP contribution in [0.3, 0.4) is 0 Å². The van der Waals surface area contributed by atoms with Crippen molar-refractivity contribution in [3.8, 4) is 11.1 Å². The maximum atomic E-state index is 14.1. The molecular weight excluding hydrogens is 560 g/mol. The van der Waals surface area contributed by atoms with Crippen molar-refractivity contribution in [3.05, 3.63) is 95.1 Å². The highest BCUT2D eigenvalue weighted by Gasteiger charge is 2.27. The lowest BCUT2D eigenvalue weighted by Crippen LogP contribution is -2.52. The average Bonchev–Trinajstić information content (AvgIpc) is 2.99. The van der Waals surface area contributed by atoms with Crippen molar-refractivity contribution in [2.75, 3.05) is 19.8 Å². The molecule has 0 aliphatic rings. The van der Waals surface area contributed by atoms with E-state index in [2.05, 4.69) is 16.0 Å². The molecule has 0 bridgehead atoms. The molecule has 0 unspecified atom stereocenters. The van der Waals surface area contributed by atoms with Crippen LogP contribution in [0.5, 0.6) is 0 Å². The quantitative estimate of drug-likeness (QED) is 0.149. The van der Waals surface area contributed by atoms with Crippen LogP contribution in [0.2, 0.25) is 0 Å². The minimum atomic E-state index is -1.17. The highest BCUT2D eigenvalue weighted by atomic mass is 19.1. The SMILES string of the molecule is CC(C)(CC(=O)N[C@H](COCc1c(F)cccc1F)C(=O)NCc1ccc(-c2ccccc2CO)cc1)NC[C@H](O)CO. The van der Waals surface area contributed by atoms with Gasteiger partial charge < -0.3 is 36.0 Å². The van der Waals surface area contributed by atoms with Gasteiger partial charge >= 0.3 is 0 Å². The first kappa shape index (κ1) is 33.8. The Bertz CT molecular complexity index is 1330. The summed E-state index contributed by atoms with van der Waals surface area (Å²) in [6, 6.07) is 17.2. The predicted octanol–water partition coefficient (Wildman–Crippen LogP) is 2.55. The Morgan fingerprint density at radius 3 is 2.28 bits per heavy atom. The fourth-order valence-corrected chi connectivity index (χ4v) is 4.35. The lowest BCUT2D eigenvalue weighted by atomic mass is 9.99. The van der Waals surface area contributed by atoms with Crippen LogP contribution in [-0.4, -0.2) is 64.6 Å². The molecule has 3 aromatic rings. The Kier molecular flexibility index (Phi) is 12.7. The molecule has 0 saturated carbocycles. The maximum Gasteiger partial charge on any atom is 0.245 e. The van der Waals surface area contributed by atoms with E-state index in [1.54, 1.807) is 13.8 Å². The number of β-amino-alcohol motifs (C(OH)–C–C–N with tert-alkyl or cyclic N) is 1. The normalized spacial score (nSPS) is 12.9. The minimum absolute atomic E-state index is 0.0579. The summed E-state index contributed by atoms with van der Waals surface area (Å²) in [7, 11) is 0. The van der Waals surface area contributed by atoms with Crippen molar-refractivity contribution in [2.24, 2.45) is 0 Å². The first-order valence-corrected chi connectivity index (χ1v) is 13.9. The second-order valence-electron chi connectivity index (χ2n) is 10.8. The third-order valence-corrected chi connectivity index (χ3v) is 6.79. The Hall–Kier alpha value is -3.74. The van der Waals surface area contributed by atoms with Gasteiger partial charge in [0, 0.05) is 30.6 Å². The highest BCUT2D eigenvalue weighted by molar-refractivity contribution is 5.88. The summed E-state index contributed by atoms with van der Waals surface area (Å²) in [5.74, 6) is -2.62. The van der Waals surface area contributed by atoms with Gasteiger partial charge in [0.25, 0.3) is 0 Å². The topological polar surface area (TPSA) is 140 Å². The molecule has 3 rings (SSSR count). The largest absolute Gasteiger partial charge is 0.394 e. The number of hydrogen-bond donors (Lipinski definition) is 6. The lowest BCUT2D eigenvalue weighted by molar-refractivity contribution is -0.131. The Balaban J connectivity index is 1.65. The molecule has 2 amide bonds. The number of carbonyl (C=O) groups excluding carboxylic acids is 2. The van der Waals surface area contributed by atoms with Gasteiger partial charge in [-0.15, -0.1) is 0 Å². The first-order valence-electron chi connectivity index (χ1n) is 13.9. The lowest BCUT2D eigenvalue weighted by Gasteiger charge is -2.28. The minimum Gasteiger partial charge on any atom is -0.394 e. The van der Waals surface area contributed by atoms with E-state index in [4.69, 9.17) is 9.84 Å². The van der Waals surface area contributed by atoms with Crippen molar-refractivity contribution in [3.63, 3.8) is 0 Å². The van der Waals surface area contributed by atoms with Crippen LogP contribution in [-0.2, 0) is 34.1 Å². The fraction of sp³-hybridized carbons (Fsp3) is 0.375. The third kappa shape index (κ3) is 10.5. The summed E-state index contributed by atoms with van der Waals surface area (Å²) in [4.78, 5) is 26.1. The standard InChI is InChI=1S/C32H39F2N3O6/c1-32(2,36-16-24(40)18-39)14-30(41)37-29(20-43-19-26-27(33)8-5-9-28(26)34)31(42)35-15-21-10-12-22(13-11-21)25-7-4-3-6-23(25)17-38/h3-13,24,29,36,38-40H,14-20H2,1-2H3,(H,35,42)(H,37,41)/t24-,29+/m0/s1. The van der Waals surface area contributed by atoms with Crippen LogP contribution < -0.4 is 16.0 Å². The number of amides is 2. The summed E-state index contributed by atoms with van der Waals surface area (Å²) in [5.41, 5.74) is 2.31. The molecular formula is C32H39F2N3O6. The molecule has 9 nitrogen and oxygen atoms in total. The molecule has 0 aromatic heterocycles. The molecule has 6 N–H and O–H groups in total. The monoisotopic (exact) mass is 599 g/mol. The molecule has 43 heavy (non-hydrogen) atoms. The zero-order chi connectivity index (χ0) is 31.4. The number of ether oxygens (including phenoxy) is 1. The first-order chi connectivity index (χ1) is 20.5. The van der Waals surface area contributed by atoms with Gasteiger partial charge in [-0.25, -0.2) is 8.78 Å². The highest BCUT2D eigenvalue weighted by Crippen LogP contribution is 2.24. The molecule has 232 valence electrons. The maximum absolute atomic E-state index is 14.1. The summed E-state index contributed by atoms with van der Waals surface area (Å²) < 4.78 is 33.6. The summed E-state index contributed by atoms with van der Waals surface area (Å²) in [6.07, 6.45) is -1.07. The number of aliphatic hydroxyl groups excluding tert-OH is 3. The smallest absolute Gasteiger partial charge is 0.245 e. The molecule has 3 aromatic carbocycles. The number of carbonyl (C=O) groups is 2. The molecule has 0 saturated heterocycles. The summed E-state index contributed by atoms with van der Waals surface area (Å²) >= 11 is 0. The van der Waals surface area contributed by atoms with Crippen molar-refractivity contribution < 1.29 is 38.4 Å². The van der Waals surface area contributed by atoms with E-state index < -0.39 is 54.3 Å². The second-order valence-corrected chi connectivity index (χ2v) is 10.8. The van der Waals surface area contributed by atoms with Gasteiger partial charge in [-0.3, -0.25) is 9.59 Å². The van der Waals surface area contributed by atoms with Gasteiger partial charge in [0.05, 0.1) is 32.5 Å². The van der Waals surface area contributed by atoms with E-state index >= 15 is 0 Å². The van der Waals surface area contributed by atoms with E-state index in [0.717, 1.165) is 34.4 Å². The number of nitrogens with one attached hydrogen (secondary N) is 3. The number of rotatable bonds is 16. The zero-order valence-electron chi connectivity index (χ0n) is 24.3. The van der Waals surface area contributed by atoms with Gasteiger partial charge in [0.15, 0.2) is 0 Å². The Morgan fingerprint density at radius 1 is 0.953 bits per heavy atom. The van der Waals surface area contributed by atoms with Gasteiger partial charge in [-0.05, 0) is 48.2 Å². The molecule has 0 heterocycles. The van der Waals surface area contributed by atoms with Crippen LogP contribution in [0.15, 0.2) is 66.7 Å². The molecule has 0 aliphatic carbocycles. The van der Waals surface area contributed by atoms with Crippen molar-refractivity contribution in [2.45, 2.75) is 57.7 Å². The van der Waals surface area contributed by atoms with Gasteiger partial charge in [-0.1, -0.05) is 54.6 Å². The average molecular weight is 600 g/mol. The van der Waals surface area contributed by atoms with Crippen LogP contribution in [0.25, 0.3) is 11.1 Å². The zero-order valence-corrected chi connectivity index (χ0v) is 24.3. The number of aliphatic hydroxyl groups is 3. The molecule has 0 aliphatic heterocycles. The van der Waals surface area contributed by atoms with Gasteiger partial charge in [-0.2, -0.15) is 0 Å². The number of halogens is 2. The van der Waals surface area contributed by atoms with Crippen LogP contribution in [0.4, 0.5) is 8.78 Å². The van der Waals surface area contributed by atoms with E-state index in [-0.39, 0.29) is 38.3 Å². The molecule has 0 fully saturated rings. The van der Waals surface area contributed by atoms with Crippen molar-refractivity contribution in [1.82, 2.24) is 16.0 Å². The van der Waals surface area contributed by atoms with Crippen molar-refractivity contribution >= 4 is 11.8 Å². The van der Waals surface area contributed by atoms with Gasteiger partial charge in [0.2, 0.25) is 11.8 Å². The predicted molar refractivity (Wildman–Crippen MR) is 157 cm³/mol. The van der Waals surface area contributed by atoms with Crippen LogP contribution >= 0.6 is 0 Å². The Labute approximate surface area is 249 Å². The third-order valence-electron chi connectivity index (χ3n) is 6.79. The van der Waals surface area contributed by atoms with Gasteiger partial charge in [0.1, 0.15) is 17.7 Å². The van der Waals surface area contributed by atoms with Crippen molar-refractivity contribution in [1.29, 1.82) is 0 Å². The second kappa shape index (κ2) is 16.2. The fourth-order valence-electron chi connectivity index (χ4n) is 4.35. The summed E-state index contributed by atoms with van der Waals surface area (Å²) in [6.45, 7) is 2.34. The van der Waals surface area contributed by atoms with E-state index in [1.807, 2.05) is 48.5 Å². The summed E-state index contributed by atoms with van der Waals surface area (Å²) in [5, 5.41) is 36.6. The molecule has 0 radical (unpaired) electrons. The molecule has 11 heteroatoms. The Morgan fingerprint density at radius 2 is 1.63 bits per heavy atom.